The molecule has 0 radical (unpaired) electrons. The number of nitrogen functional groups attached to an aromatic ring is 1. The van der Waals surface area contributed by atoms with Crippen LogP contribution in [0.4, 0.5) is 11.5 Å². The molecule has 158 valence electrons. The second-order valence-corrected chi connectivity index (χ2v) is 8.15. The number of amides is 2. The summed E-state index contributed by atoms with van der Waals surface area (Å²) in [7, 11) is 0. The van der Waals surface area contributed by atoms with E-state index in [4.69, 9.17) is 5.73 Å². The summed E-state index contributed by atoms with van der Waals surface area (Å²) >= 11 is 0. The van der Waals surface area contributed by atoms with Gasteiger partial charge in [-0.25, -0.2) is 9.50 Å². The Hall–Kier alpha value is -3.93. The Bertz CT molecular complexity index is 1270. The van der Waals surface area contributed by atoms with Gasteiger partial charge in [0.2, 0.25) is 5.91 Å². The van der Waals surface area contributed by atoms with Gasteiger partial charge in [0.1, 0.15) is 23.5 Å². The maximum atomic E-state index is 13.3. The molecule has 2 amide bonds. The Morgan fingerprint density at radius 2 is 2.00 bits per heavy atom. The third-order valence-corrected chi connectivity index (χ3v) is 5.87. The van der Waals surface area contributed by atoms with Gasteiger partial charge in [-0.05, 0) is 38.5 Å². The van der Waals surface area contributed by atoms with Crippen molar-refractivity contribution in [1.82, 2.24) is 19.5 Å². The van der Waals surface area contributed by atoms with E-state index >= 15 is 0 Å². The highest BCUT2D eigenvalue weighted by Gasteiger charge is 2.43. The molecular formula is C22H23N7O2. The van der Waals surface area contributed by atoms with Crippen LogP contribution < -0.4 is 10.6 Å². The molecule has 1 aliphatic rings. The smallest absolute Gasteiger partial charge is 0.252 e. The fourth-order valence-corrected chi connectivity index (χ4v) is 4.23. The van der Waals surface area contributed by atoms with Gasteiger partial charge < -0.3 is 15.5 Å². The lowest BCUT2D eigenvalue weighted by molar-refractivity contribution is -0.145. The number of aromatic nitrogens is 3. The molecule has 0 spiro atoms. The standard InChI is InChI=1S/C22H23N7O2/c1-13-5-6-15(18-10-16(11-23)19-20(24)25-12-26-29(18)19)9-17(13)27-7-8-28(14(2)30)22(3,4)21(27)31/h5-6,9-10,12H,7-8H2,1-4H3,(H2,24,25,26). The number of benzene rings is 1. The first-order valence-electron chi connectivity index (χ1n) is 9.90. The molecule has 3 heterocycles. The van der Waals surface area contributed by atoms with Crippen LogP contribution in [-0.4, -0.2) is 49.9 Å². The Kier molecular flexibility index (Phi) is 4.65. The van der Waals surface area contributed by atoms with Gasteiger partial charge >= 0.3 is 0 Å². The first-order chi connectivity index (χ1) is 14.7. The second kappa shape index (κ2) is 7.09. The molecule has 0 unspecified atom stereocenters. The molecule has 2 N–H and O–H groups in total. The molecule has 1 saturated heterocycles. The summed E-state index contributed by atoms with van der Waals surface area (Å²) in [5, 5.41) is 13.8. The average molecular weight is 417 g/mol. The number of carbonyl (C=O) groups is 2. The van der Waals surface area contributed by atoms with Crippen LogP contribution in [0, 0.1) is 18.3 Å². The predicted molar refractivity (Wildman–Crippen MR) is 116 cm³/mol. The fraction of sp³-hybridized carbons (Fsp3) is 0.318. The maximum absolute atomic E-state index is 13.3. The zero-order valence-corrected chi connectivity index (χ0v) is 17.9. The first kappa shape index (κ1) is 20.3. The zero-order valence-electron chi connectivity index (χ0n) is 17.9. The quantitative estimate of drug-likeness (QED) is 0.682. The summed E-state index contributed by atoms with van der Waals surface area (Å²) in [5.74, 6) is -0.0367. The summed E-state index contributed by atoms with van der Waals surface area (Å²) in [4.78, 5) is 32.6. The van der Waals surface area contributed by atoms with Crippen LogP contribution in [0.15, 0.2) is 30.6 Å². The number of fused-ring (bicyclic) bond motifs is 1. The number of nitrogens with two attached hydrogens (primary N) is 1. The molecule has 1 fully saturated rings. The van der Waals surface area contributed by atoms with E-state index in [0.29, 0.717) is 29.9 Å². The number of hydrogen-bond acceptors (Lipinski definition) is 6. The summed E-state index contributed by atoms with van der Waals surface area (Å²) in [6.45, 7) is 7.80. The first-order valence-corrected chi connectivity index (χ1v) is 9.90. The van der Waals surface area contributed by atoms with Crippen LogP contribution in [0.3, 0.4) is 0 Å². The molecule has 1 aromatic carbocycles. The highest BCUT2D eigenvalue weighted by molar-refractivity contribution is 6.03. The normalized spacial score (nSPS) is 15.9. The lowest BCUT2D eigenvalue weighted by atomic mass is 9.95. The second-order valence-electron chi connectivity index (χ2n) is 8.15. The van der Waals surface area contributed by atoms with Crippen molar-refractivity contribution in [3.63, 3.8) is 0 Å². The molecule has 2 aromatic heterocycles. The summed E-state index contributed by atoms with van der Waals surface area (Å²) in [5.41, 5.74) is 9.01. The monoisotopic (exact) mass is 417 g/mol. The fourth-order valence-electron chi connectivity index (χ4n) is 4.23. The van der Waals surface area contributed by atoms with Crippen LogP contribution in [-0.2, 0) is 9.59 Å². The predicted octanol–water partition coefficient (Wildman–Crippen LogP) is 2.13. The molecule has 9 nitrogen and oxygen atoms in total. The molecule has 0 saturated carbocycles. The third kappa shape index (κ3) is 3.08. The SMILES string of the molecule is CC(=O)N1CCN(c2cc(-c3cc(C#N)c4c(N)ncnn34)ccc2C)C(=O)C1(C)C. The van der Waals surface area contributed by atoms with Gasteiger partial charge in [0.05, 0.1) is 11.3 Å². The number of rotatable bonds is 2. The van der Waals surface area contributed by atoms with Crippen molar-refractivity contribution in [2.45, 2.75) is 33.2 Å². The van der Waals surface area contributed by atoms with Crippen molar-refractivity contribution in [3.8, 4) is 17.3 Å². The number of aryl methyl sites for hydroxylation is 1. The summed E-state index contributed by atoms with van der Waals surface area (Å²) < 4.78 is 1.59. The van der Waals surface area contributed by atoms with Crippen LogP contribution in [0.5, 0.6) is 0 Å². The van der Waals surface area contributed by atoms with Crippen molar-refractivity contribution >= 4 is 28.8 Å². The van der Waals surface area contributed by atoms with Crippen molar-refractivity contribution in [1.29, 1.82) is 5.26 Å². The van der Waals surface area contributed by atoms with Crippen LogP contribution >= 0.6 is 0 Å². The van der Waals surface area contributed by atoms with E-state index in [1.807, 2.05) is 25.1 Å². The van der Waals surface area contributed by atoms with Crippen LogP contribution in [0.2, 0.25) is 0 Å². The van der Waals surface area contributed by atoms with Gasteiger partial charge in [0, 0.05) is 31.3 Å². The molecule has 1 aliphatic heterocycles. The third-order valence-electron chi connectivity index (χ3n) is 5.87. The molecule has 9 heteroatoms. The van der Waals surface area contributed by atoms with Crippen molar-refractivity contribution in [2.24, 2.45) is 0 Å². The van der Waals surface area contributed by atoms with Crippen molar-refractivity contribution < 1.29 is 9.59 Å². The van der Waals surface area contributed by atoms with Gasteiger partial charge in [-0.3, -0.25) is 9.59 Å². The molecule has 3 aromatic rings. The summed E-state index contributed by atoms with van der Waals surface area (Å²) in [6, 6.07) is 9.61. The Morgan fingerprint density at radius 3 is 2.68 bits per heavy atom. The lowest BCUT2D eigenvalue weighted by Gasteiger charge is -2.45. The van der Waals surface area contributed by atoms with E-state index in [1.165, 1.54) is 13.3 Å². The van der Waals surface area contributed by atoms with E-state index in [9.17, 15) is 14.9 Å². The van der Waals surface area contributed by atoms with E-state index in [-0.39, 0.29) is 17.6 Å². The number of anilines is 2. The molecular weight excluding hydrogens is 394 g/mol. The number of piperazine rings is 1. The Morgan fingerprint density at radius 1 is 1.26 bits per heavy atom. The lowest BCUT2D eigenvalue weighted by Crippen LogP contribution is -2.64. The number of nitrogens with zero attached hydrogens (tertiary/aromatic N) is 6. The molecule has 0 bridgehead atoms. The average Bonchev–Trinajstić information content (AvgIpc) is 3.10. The Balaban J connectivity index is 1.82. The van der Waals surface area contributed by atoms with Gasteiger partial charge in [-0.1, -0.05) is 12.1 Å². The number of hydrogen-bond donors (Lipinski definition) is 1. The highest BCUT2D eigenvalue weighted by atomic mass is 16.2. The van der Waals surface area contributed by atoms with Crippen molar-refractivity contribution in [2.75, 3.05) is 23.7 Å². The van der Waals surface area contributed by atoms with E-state index in [0.717, 1.165) is 16.8 Å². The molecule has 0 aliphatic carbocycles. The zero-order chi connectivity index (χ0) is 22.5. The van der Waals surface area contributed by atoms with E-state index < -0.39 is 5.54 Å². The minimum Gasteiger partial charge on any atom is -0.382 e. The molecule has 0 atom stereocenters. The minimum absolute atomic E-state index is 0.121. The molecule has 4 rings (SSSR count). The number of nitriles is 1. The van der Waals surface area contributed by atoms with E-state index in [2.05, 4.69) is 16.2 Å². The van der Waals surface area contributed by atoms with Gasteiger partial charge in [0.25, 0.3) is 5.91 Å². The van der Waals surface area contributed by atoms with Crippen molar-refractivity contribution in [3.05, 3.63) is 41.7 Å². The van der Waals surface area contributed by atoms with Gasteiger partial charge in [0.15, 0.2) is 5.82 Å². The van der Waals surface area contributed by atoms with Gasteiger partial charge in [-0.2, -0.15) is 10.4 Å². The van der Waals surface area contributed by atoms with Gasteiger partial charge in [-0.15, -0.1) is 0 Å². The van der Waals surface area contributed by atoms with Crippen LogP contribution in [0.1, 0.15) is 31.9 Å². The molecule has 31 heavy (non-hydrogen) atoms. The largest absolute Gasteiger partial charge is 0.382 e. The minimum atomic E-state index is -0.941. The highest BCUT2D eigenvalue weighted by Crippen LogP contribution is 2.34. The topological polar surface area (TPSA) is 121 Å². The Labute approximate surface area is 179 Å². The van der Waals surface area contributed by atoms with E-state index in [1.54, 1.807) is 34.2 Å². The maximum Gasteiger partial charge on any atom is 0.252 e. The summed E-state index contributed by atoms with van der Waals surface area (Å²) in [6.07, 6.45) is 1.34. The van der Waals surface area contributed by atoms with Crippen LogP contribution in [0.25, 0.3) is 16.8 Å². The number of carbonyl (C=O) groups excluding carboxylic acids is 2.